The number of hydrogen-bond acceptors (Lipinski definition) is 2. The number of rotatable bonds is 2. The van der Waals surface area contributed by atoms with E-state index in [0.717, 1.165) is 22.8 Å². The van der Waals surface area contributed by atoms with E-state index in [9.17, 15) is 4.79 Å². The average Bonchev–Trinajstić information content (AvgIpc) is 3.18. The molecule has 2 aromatic rings. The molecule has 2 fully saturated rings. The minimum atomic E-state index is 0.0190. The molecule has 23 heavy (non-hydrogen) atoms. The van der Waals surface area contributed by atoms with Crippen LogP contribution in [0.25, 0.3) is 10.8 Å². The van der Waals surface area contributed by atoms with Crippen molar-refractivity contribution in [3.8, 4) is 11.8 Å². The molecule has 0 saturated carbocycles. The Kier molecular flexibility index (Phi) is 3.55. The van der Waals surface area contributed by atoms with Crippen molar-refractivity contribution < 1.29 is 4.79 Å². The first-order chi connectivity index (χ1) is 11.2. The van der Waals surface area contributed by atoms with Gasteiger partial charge in [-0.1, -0.05) is 24.1 Å². The Bertz CT molecular complexity index is 830. The minimum absolute atomic E-state index is 0.0190. The smallest absolute Gasteiger partial charge is 0.251 e. The Morgan fingerprint density at radius 2 is 2.17 bits per heavy atom. The summed E-state index contributed by atoms with van der Waals surface area (Å²) >= 11 is 0. The van der Waals surface area contributed by atoms with Gasteiger partial charge in [-0.3, -0.25) is 4.79 Å². The second-order valence-electron chi connectivity index (χ2n) is 6.48. The first-order valence-electron chi connectivity index (χ1n) is 8.27. The summed E-state index contributed by atoms with van der Waals surface area (Å²) in [7, 11) is 0. The zero-order valence-corrected chi connectivity index (χ0v) is 13.2. The molecule has 2 N–H and O–H groups in total. The molecule has 0 aliphatic carbocycles. The van der Waals surface area contributed by atoms with Crippen molar-refractivity contribution in [3.05, 3.63) is 47.5 Å². The molecule has 0 aromatic heterocycles. The van der Waals surface area contributed by atoms with Crippen molar-refractivity contribution in [1.29, 1.82) is 0 Å². The second-order valence-corrected chi connectivity index (χ2v) is 6.48. The highest BCUT2D eigenvalue weighted by Crippen LogP contribution is 2.28. The molecule has 1 amide bonds. The van der Waals surface area contributed by atoms with Crippen LogP contribution < -0.4 is 10.6 Å². The zero-order valence-electron chi connectivity index (χ0n) is 13.2. The monoisotopic (exact) mass is 304 g/mol. The van der Waals surface area contributed by atoms with Gasteiger partial charge in [0.25, 0.3) is 5.91 Å². The van der Waals surface area contributed by atoms with E-state index in [-0.39, 0.29) is 11.9 Å². The van der Waals surface area contributed by atoms with E-state index in [2.05, 4.69) is 28.5 Å². The second kappa shape index (κ2) is 5.72. The van der Waals surface area contributed by atoms with E-state index in [4.69, 9.17) is 0 Å². The van der Waals surface area contributed by atoms with Crippen molar-refractivity contribution in [1.82, 2.24) is 10.6 Å². The SMILES string of the molecule is CC#Cc1cccc2ccc(C(=O)NC3CC4CCC3N4)cc12. The predicted molar refractivity (Wildman–Crippen MR) is 92.3 cm³/mol. The molecule has 2 saturated heterocycles. The van der Waals surface area contributed by atoms with E-state index in [1.807, 2.05) is 37.3 Å². The highest BCUT2D eigenvalue weighted by Gasteiger charge is 2.39. The van der Waals surface area contributed by atoms with Crippen LogP contribution in [0.5, 0.6) is 0 Å². The Morgan fingerprint density at radius 1 is 1.26 bits per heavy atom. The fourth-order valence-electron chi connectivity index (χ4n) is 3.89. The highest BCUT2D eigenvalue weighted by molar-refractivity contribution is 6.00. The molecule has 4 rings (SSSR count). The highest BCUT2D eigenvalue weighted by atomic mass is 16.1. The molecule has 2 heterocycles. The fraction of sp³-hybridized carbons (Fsp3) is 0.350. The lowest BCUT2D eigenvalue weighted by molar-refractivity contribution is 0.0931. The maximum absolute atomic E-state index is 12.6. The van der Waals surface area contributed by atoms with Crippen LogP contribution in [0.4, 0.5) is 0 Å². The maximum Gasteiger partial charge on any atom is 0.251 e. The number of carbonyl (C=O) groups excluding carboxylic acids is 1. The summed E-state index contributed by atoms with van der Waals surface area (Å²) in [6, 6.07) is 13.2. The van der Waals surface area contributed by atoms with Gasteiger partial charge in [0.15, 0.2) is 0 Å². The van der Waals surface area contributed by atoms with Gasteiger partial charge in [-0.05, 0) is 55.2 Å². The summed E-state index contributed by atoms with van der Waals surface area (Å²) in [6.45, 7) is 1.83. The van der Waals surface area contributed by atoms with E-state index in [1.165, 1.54) is 12.8 Å². The van der Waals surface area contributed by atoms with Crippen LogP contribution in [0, 0.1) is 11.8 Å². The van der Waals surface area contributed by atoms with Gasteiger partial charge >= 0.3 is 0 Å². The van der Waals surface area contributed by atoms with Gasteiger partial charge in [-0.15, -0.1) is 5.92 Å². The normalized spacial score (nSPS) is 25.2. The van der Waals surface area contributed by atoms with Gasteiger partial charge in [0.1, 0.15) is 0 Å². The van der Waals surface area contributed by atoms with Gasteiger partial charge in [0.05, 0.1) is 0 Å². The Balaban J connectivity index is 1.61. The summed E-state index contributed by atoms with van der Waals surface area (Å²) in [5, 5.41) is 8.92. The van der Waals surface area contributed by atoms with Crippen molar-refractivity contribution in [3.63, 3.8) is 0 Å². The lowest BCUT2D eigenvalue weighted by atomic mass is 9.95. The summed E-state index contributed by atoms with van der Waals surface area (Å²) in [6.07, 6.45) is 3.46. The first-order valence-corrected chi connectivity index (χ1v) is 8.27. The largest absolute Gasteiger partial charge is 0.348 e. The van der Waals surface area contributed by atoms with Crippen LogP contribution in [0.1, 0.15) is 42.1 Å². The van der Waals surface area contributed by atoms with Crippen molar-refractivity contribution in [2.45, 2.75) is 44.3 Å². The topological polar surface area (TPSA) is 41.1 Å². The minimum Gasteiger partial charge on any atom is -0.348 e. The Labute approximate surface area is 136 Å². The number of nitrogens with one attached hydrogen (secondary N) is 2. The van der Waals surface area contributed by atoms with Crippen LogP contribution >= 0.6 is 0 Å². The molecule has 3 unspecified atom stereocenters. The summed E-state index contributed by atoms with van der Waals surface area (Å²) in [4.78, 5) is 12.6. The third kappa shape index (κ3) is 2.60. The summed E-state index contributed by atoms with van der Waals surface area (Å²) in [5.41, 5.74) is 1.69. The molecule has 2 aliphatic heterocycles. The molecule has 3 atom stereocenters. The lowest BCUT2D eigenvalue weighted by Crippen LogP contribution is -2.42. The van der Waals surface area contributed by atoms with Crippen molar-refractivity contribution in [2.75, 3.05) is 0 Å². The molecule has 116 valence electrons. The number of amides is 1. The molecule has 3 heteroatoms. The molecule has 2 aliphatic rings. The molecule has 2 aromatic carbocycles. The average molecular weight is 304 g/mol. The van der Waals surface area contributed by atoms with Crippen molar-refractivity contribution >= 4 is 16.7 Å². The number of benzene rings is 2. The molecule has 3 nitrogen and oxygen atoms in total. The predicted octanol–water partition coefficient (Wildman–Crippen LogP) is 2.83. The van der Waals surface area contributed by atoms with E-state index >= 15 is 0 Å². The van der Waals surface area contributed by atoms with Gasteiger partial charge in [0.2, 0.25) is 0 Å². The standard InChI is InChI=1S/C20H20N2O/c1-2-4-13-5-3-6-14-7-8-15(11-17(13)14)20(23)22-19-12-16-9-10-18(19)21-16/h3,5-8,11,16,18-19,21H,9-10,12H2,1H3,(H,22,23). The lowest BCUT2D eigenvalue weighted by Gasteiger charge is -2.21. The fourth-order valence-corrected chi connectivity index (χ4v) is 3.89. The van der Waals surface area contributed by atoms with Gasteiger partial charge < -0.3 is 10.6 Å². The third-order valence-electron chi connectivity index (χ3n) is 5.02. The van der Waals surface area contributed by atoms with Crippen LogP contribution in [0.2, 0.25) is 0 Å². The van der Waals surface area contributed by atoms with Crippen LogP contribution in [0.3, 0.4) is 0 Å². The summed E-state index contributed by atoms with van der Waals surface area (Å²) in [5.74, 6) is 6.08. The van der Waals surface area contributed by atoms with E-state index in [0.29, 0.717) is 17.6 Å². The zero-order chi connectivity index (χ0) is 15.8. The molecule has 0 spiro atoms. The number of carbonyl (C=O) groups is 1. The van der Waals surface area contributed by atoms with Crippen molar-refractivity contribution in [2.24, 2.45) is 0 Å². The van der Waals surface area contributed by atoms with E-state index < -0.39 is 0 Å². The van der Waals surface area contributed by atoms with Crippen LogP contribution in [-0.4, -0.2) is 24.0 Å². The molecular formula is C20H20N2O. The van der Waals surface area contributed by atoms with Crippen LogP contribution in [0.15, 0.2) is 36.4 Å². The van der Waals surface area contributed by atoms with Gasteiger partial charge in [-0.25, -0.2) is 0 Å². The first kappa shape index (κ1) is 14.3. The summed E-state index contributed by atoms with van der Waals surface area (Å²) < 4.78 is 0. The Morgan fingerprint density at radius 3 is 2.91 bits per heavy atom. The van der Waals surface area contributed by atoms with Gasteiger partial charge in [-0.2, -0.15) is 0 Å². The molecule has 2 bridgehead atoms. The van der Waals surface area contributed by atoms with E-state index in [1.54, 1.807) is 0 Å². The van der Waals surface area contributed by atoms with Crippen LogP contribution in [-0.2, 0) is 0 Å². The van der Waals surface area contributed by atoms with Gasteiger partial charge in [0, 0.05) is 29.3 Å². The molecule has 0 radical (unpaired) electrons. The quantitative estimate of drug-likeness (QED) is 0.838. The Hall–Kier alpha value is -2.31. The third-order valence-corrected chi connectivity index (χ3v) is 5.02. The number of hydrogen-bond donors (Lipinski definition) is 2. The number of fused-ring (bicyclic) bond motifs is 3. The maximum atomic E-state index is 12.6. The molecular weight excluding hydrogens is 284 g/mol.